The zero-order valence-corrected chi connectivity index (χ0v) is 6.37. The molecule has 0 saturated heterocycles. The van der Waals surface area contributed by atoms with E-state index in [9.17, 15) is 4.39 Å². The van der Waals surface area contributed by atoms with Crippen LogP contribution in [0.2, 0.25) is 0 Å². The second kappa shape index (κ2) is 3.51. The van der Waals surface area contributed by atoms with Gasteiger partial charge in [0.2, 0.25) is 0 Å². The van der Waals surface area contributed by atoms with Crippen molar-refractivity contribution in [2.75, 3.05) is 6.61 Å². The van der Waals surface area contributed by atoms with Crippen LogP contribution in [0.1, 0.15) is 11.6 Å². The first kappa shape index (κ1) is 8.96. The van der Waals surface area contributed by atoms with Gasteiger partial charge in [-0.15, -0.1) is 0 Å². The van der Waals surface area contributed by atoms with Gasteiger partial charge in [-0.05, 0) is 17.7 Å². The van der Waals surface area contributed by atoms with E-state index in [2.05, 4.69) is 0 Å². The Kier molecular flexibility index (Phi) is 2.62. The lowest BCUT2D eigenvalue weighted by Crippen LogP contribution is -2.14. The Hall–Kier alpha value is -1.13. The molecule has 1 atom stereocenters. The van der Waals surface area contributed by atoms with Gasteiger partial charge in [0.25, 0.3) is 0 Å². The Balaban J connectivity index is 3.00. The topological polar surface area (TPSA) is 66.5 Å². The molecule has 0 unspecified atom stereocenters. The second-order valence-electron chi connectivity index (χ2n) is 2.53. The maximum Gasteiger partial charge on any atom is 0.127 e. The molecule has 1 aromatic carbocycles. The number of hydrogen-bond donors (Lipinski definition) is 3. The van der Waals surface area contributed by atoms with Crippen molar-refractivity contribution >= 4 is 0 Å². The normalized spacial score (nSPS) is 12.9. The third-order valence-electron chi connectivity index (χ3n) is 1.53. The average molecular weight is 171 g/mol. The molecule has 0 radical (unpaired) electrons. The average Bonchev–Trinajstić information content (AvgIpc) is 2.01. The molecule has 0 spiro atoms. The van der Waals surface area contributed by atoms with E-state index in [0.29, 0.717) is 5.56 Å². The Morgan fingerprint density at radius 3 is 2.58 bits per heavy atom. The smallest absolute Gasteiger partial charge is 0.127 e. The number of nitrogens with two attached hydrogens (primary N) is 1. The molecule has 4 N–H and O–H groups in total. The number of phenols is 1. The summed E-state index contributed by atoms with van der Waals surface area (Å²) in [6.07, 6.45) is 0. The maximum atomic E-state index is 12.6. The highest BCUT2D eigenvalue weighted by molar-refractivity contribution is 5.30. The summed E-state index contributed by atoms with van der Waals surface area (Å²) in [4.78, 5) is 0. The fourth-order valence-electron chi connectivity index (χ4n) is 0.916. The van der Waals surface area contributed by atoms with Crippen LogP contribution in [0.4, 0.5) is 4.39 Å². The van der Waals surface area contributed by atoms with Gasteiger partial charge in [0.1, 0.15) is 11.6 Å². The molecular weight excluding hydrogens is 161 g/mol. The summed E-state index contributed by atoms with van der Waals surface area (Å²) in [7, 11) is 0. The van der Waals surface area contributed by atoms with Gasteiger partial charge in [0, 0.05) is 6.07 Å². The summed E-state index contributed by atoms with van der Waals surface area (Å²) in [6, 6.07) is 2.84. The standard InChI is InChI=1S/C8H10FNO2/c9-6-1-5(8(10)4-11)2-7(12)3-6/h1-3,8,11-12H,4,10H2/t8-/m1/s1. The summed E-state index contributed by atoms with van der Waals surface area (Å²) in [5.41, 5.74) is 5.79. The predicted molar refractivity (Wildman–Crippen MR) is 42.1 cm³/mol. The van der Waals surface area contributed by atoms with Crippen molar-refractivity contribution in [1.82, 2.24) is 0 Å². The maximum absolute atomic E-state index is 12.6. The number of halogens is 1. The molecule has 66 valence electrons. The number of rotatable bonds is 2. The van der Waals surface area contributed by atoms with Crippen LogP contribution in [-0.2, 0) is 0 Å². The summed E-state index contributed by atoms with van der Waals surface area (Å²) in [6.45, 7) is -0.275. The van der Waals surface area contributed by atoms with Crippen molar-refractivity contribution < 1.29 is 14.6 Å². The Labute approximate surface area is 69.3 Å². The Morgan fingerprint density at radius 2 is 2.08 bits per heavy atom. The third kappa shape index (κ3) is 1.93. The van der Waals surface area contributed by atoms with E-state index in [1.54, 1.807) is 0 Å². The number of hydrogen-bond acceptors (Lipinski definition) is 3. The number of phenolic OH excluding ortho intramolecular Hbond substituents is 1. The molecule has 0 aromatic heterocycles. The van der Waals surface area contributed by atoms with Crippen molar-refractivity contribution in [3.8, 4) is 5.75 Å². The van der Waals surface area contributed by atoms with Crippen molar-refractivity contribution in [2.24, 2.45) is 5.73 Å². The molecule has 0 amide bonds. The van der Waals surface area contributed by atoms with Gasteiger partial charge in [-0.2, -0.15) is 0 Å². The zero-order valence-electron chi connectivity index (χ0n) is 6.37. The first-order valence-electron chi connectivity index (χ1n) is 3.49. The van der Waals surface area contributed by atoms with E-state index in [0.717, 1.165) is 6.07 Å². The molecule has 0 saturated carbocycles. The van der Waals surface area contributed by atoms with Crippen molar-refractivity contribution in [1.29, 1.82) is 0 Å². The first-order chi connectivity index (χ1) is 5.63. The number of benzene rings is 1. The van der Waals surface area contributed by atoms with Crippen molar-refractivity contribution in [2.45, 2.75) is 6.04 Å². The highest BCUT2D eigenvalue weighted by Crippen LogP contribution is 2.18. The van der Waals surface area contributed by atoms with Gasteiger partial charge in [0.05, 0.1) is 12.6 Å². The molecule has 0 fully saturated rings. The molecule has 0 bridgehead atoms. The number of aliphatic hydroxyl groups excluding tert-OH is 1. The van der Waals surface area contributed by atoms with Crippen molar-refractivity contribution in [3.05, 3.63) is 29.6 Å². The molecule has 3 nitrogen and oxygen atoms in total. The minimum atomic E-state index is -0.647. The molecule has 4 heteroatoms. The van der Waals surface area contributed by atoms with Gasteiger partial charge >= 0.3 is 0 Å². The molecule has 0 heterocycles. The quantitative estimate of drug-likeness (QED) is 0.607. The molecular formula is C8H10FNO2. The monoisotopic (exact) mass is 171 g/mol. The molecule has 1 aromatic rings. The zero-order chi connectivity index (χ0) is 9.14. The van der Waals surface area contributed by atoms with Gasteiger partial charge in [0.15, 0.2) is 0 Å². The predicted octanol–water partition coefficient (Wildman–Crippen LogP) is 0.523. The Morgan fingerprint density at radius 1 is 1.42 bits per heavy atom. The van der Waals surface area contributed by atoms with Gasteiger partial charge < -0.3 is 15.9 Å². The van der Waals surface area contributed by atoms with Crippen LogP contribution in [0.15, 0.2) is 18.2 Å². The first-order valence-corrected chi connectivity index (χ1v) is 3.49. The van der Waals surface area contributed by atoms with Crippen LogP contribution in [0.3, 0.4) is 0 Å². The summed E-state index contributed by atoms with van der Waals surface area (Å²) in [5.74, 6) is -0.747. The summed E-state index contributed by atoms with van der Waals surface area (Å²) < 4.78 is 12.6. The van der Waals surface area contributed by atoms with Crippen LogP contribution in [0, 0.1) is 5.82 Å². The van der Waals surface area contributed by atoms with Gasteiger partial charge in [-0.25, -0.2) is 4.39 Å². The second-order valence-corrected chi connectivity index (χ2v) is 2.53. The SMILES string of the molecule is N[C@H](CO)c1cc(O)cc(F)c1. The minimum absolute atomic E-state index is 0.186. The fourth-order valence-corrected chi connectivity index (χ4v) is 0.916. The largest absolute Gasteiger partial charge is 0.508 e. The highest BCUT2D eigenvalue weighted by atomic mass is 19.1. The van der Waals surface area contributed by atoms with Crippen LogP contribution in [0.25, 0.3) is 0 Å². The van der Waals surface area contributed by atoms with Crippen LogP contribution >= 0.6 is 0 Å². The van der Waals surface area contributed by atoms with E-state index >= 15 is 0 Å². The lowest BCUT2D eigenvalue weighted by molar-refractivity contribution is 0.267. The highest BCUT2D eigenvalue weighted by Gasteiger charge is 2.06. The van der Waals surface area contributed by atoms with E-state index < -0.39 is 11.9 Å². The Bertz CT molecular complexity index is 258. The number of aliphatic hydroxyl groups is 1. The molecule has 0 aliphatic rings. The molecule has 1 rings (SSSR count). The van der Waals surface area contributed by atoms with Gasteiger partial charge in [-0.1, -0.05) is 0 Å². The van der Waals surface area contributed by atoms with Crippen molar-refractivity contribution in [3.63, 3.8) is 0 Å². The fraction of sp³-hybridized carbons (Fsp3) is 0.250. The number of aromatic hydroxyl groups is 1. The van der Waals surface area contributed by atoms with E-state index in [1.807, 2.05) is 0 Å². The molecule has 0 aliphatic heterocycles. The van der Waals surface area contributed by atoms with E-state index in [-0.39, 0.29) is 12.4 Å². The van der Waals surface area contributed by atoms with Crippen LogP contribution in [0.5, 0.6) is 5.75 Å². The molecule has 0 aliphatic carbocycles. The molecule has 12 heavy (non-hydrogen) atoms. The minimum Gasteiger partial charge on any atom is -0.508 e. The van der Waals surface area contributed by atoms with Crippen LogP contribution in [-0.4, -0.2) is 16.8 Å². The van der Waals surface area contributed by atoms with Gasteiger partial charge in [-0.3, -0.25) is 0 Å². The lowest BCUT2D eigenvalue weighted by atomic mass is 10.1. The summed E-state index contributed by atoms with van der Waals surface area (Å²) >= 11 is 0. The van der Waals surface area contributed by atoms with E-state index in [4.69, 9.17) is 15.9 Å². The summed E-state index contributed by atoms with van der Waals surface area (Å²) in [5, 5.41) is 17.6. The van der Waals surface area contributed by atoms with Crippen LogP contribution < -0.4 is 5.73 Å². The lowest BCUT2D eigenvalue weighted by Gasteiger charge is -2.08. The van der Waals surface area contributed by atoms with E-state index in [1.165, 1.54) is 12.1 Å². The third-order valence-corrected chi connectivity index (χ3v) is 1.53.